The summed E-state index contributed by atoms with van der Waals surface area (Å²) in [7, 11) is 0. The van der Waals surface area contributed by atoms with Gasteiger partial charge in [0.1, 0.15) is 17.6 Å². The first-order valence-electron chi connectivity index (χ1n) is 16.1. The van der Waals surface area contributed by atoms with Crippen LogP contribution in [-0.2, 0) is 15.7 Å². The molecule has 260 valence electrons. The summed E-state index contributed by atoms with van der Waals surface area (Å²) in [5.41, 5.74) is 0.875. The highest BCUT2D eigenvalue weighted by Crippen LogP contribution is 2.46. The maximum absolute atomic E-state index is 14.7. The Kier molecular flexibility index (Phi) is 10.7. The number of aliphatic imine (C=N–C) groups is 1. The molecule has 3 aliphatic heterocycles. The normalized spacial score (nSPS) is 20.4. The van der Waals surface area contributed by atoms with E-state index >= 15 is 0 Å². The summed E-state index contributed by atoms with van der Waals surface area (Å²) < 4.78 is 52.5. The standard InChI is InChI=1S/C35H36Cl2F3N5O4/c1-2-49-29-21-25(35(38,39)40)7-12-28(29)33-41-31(23-3-8-26(36)9-4-23)32(24-5-10-27(37)11-6-24)45(33)34(47)44-15-13-42(14-16-44)22-30(46)43-17-19-48-20-18-43/h3-12,21,31-32H,2,13-20,22H2,1H3. The summed E-state index contributed by atoms with van der Waals surface area (Å²) in [6.45, 7) is 5.79. The molecule has 3 aromatic carbocycles. The van der Waals surface area contributed by atoms with Gasteiger partial charge in [-0.2, -0.15) is 13.2 Å². The summed E-state index contributed by atoms with van der Waals surface area (Å²) in [5.74, 6) is 0.176. The molecule has 6 rings (SSSR count). The van der Waals surface area contributed by atoms with E-state index in [1.54, 1.807) is 45.9 Å². The third kappa shape index (κ3) is 7.82. The molecule has 0 aliphatic carbocycles. The molecule has 2 unspecified atom stereocenters. The van der Waals surface area contributed by atoms with E-state index in [0.717, 1.165) is 23.3 Å². The third-order valence-corrected chi connectivity index (χ3v) is 9.42. The smallest absolute Gasteiger partial charge is 0.416 e. The molecule has 2 fully saturated rings. The average molecular weight is 719 g/mol. The molecule has 9 nitrogen and oxygen atoms in total. The Labute approximate surface area is 292 Å². The molecule has 3 aromatic rings. The molecular weight excluding hydrogens is 682 g/mol. The summed E-state index contributed by atoms with van der Waals surface area (Å²) in [6, 6.07) is 15.8. The molecule has 14 heteroatoms. The van der Waals surface area contributed by atoms with Crippen LogP contribution in [-0.4, -0.2) is 103 Å². The van der Waals surface area contributed by atoms with Crippen LogP contribution in [0.2, 0.25) is 10.0 Å². The Balaban J connectivity index is 1.37. The molecule has 0 N–H and O–H groups in total. The van der Waals surface area contributed by atoms with E-state index in [-0.39, 0.29) is 42.2 Å². The van der Waals surface area contributed by atoms with Gasteiger partial charge in [0.15, 0.2) is 0 Å². The van der Waals surface area contributed by atoms with Gasteiger partial charge in [-0.15, -0.1) is 0 Å². The van der Waals surface area contributed by atoms with Crippen LogP contribution in [0.4, 0.5) is 18.0 Å². The Hall–Kier alpha value is -3.84. The van der Waals surface area contributed by atoms with Crippen molar-refractivity contribution in [1.82, 2.24) is 19.6 Å². The van der Waals surface area contributed by atoms with Crippen LogP contribution in [0.25, 0.3) is 0 Å². The monoisotopic (exact) mass is 717 g/mol. The van der Waals surface area contributed by atoms with Crippen molar-refractivity contribution in [1.29, 1.82) is 0 Å². The van der Waals surface area contributed by atoms with Gasteiger partial charge < -0.3 is 19.3 Å². The van der Waals surface area contributed by atoms with E-state index in [9.17, 15) is 22.8 Å². The van der Waals surface area contributed by atoms with Crippen molar-refractivity contribution in [2.45, 2.75) is 25.2 Å². The Morgan fingerprint density at radius 3 is 2.06 bits per heavy atom. The van der Waals surface area contributed by atoms with E-state index in [1.165, 1.54) is 6.07 Å². The maximum Gasteiger partial charge on any atom is 0.416 e. The molecule has 0 saturated carbocycles. The number of rotatable bonds is 7. The fraction of sp³-hybridized carbons (Fsp3) is 0.400. The number of hydrogen-bond acceptors (Lipinski definition) is 6. The largest absolute Gasteiger partial charge is 0.493 e. The Morgan fingerprint density at radius 2 is 1.47 bits per heavy atom. The topological polar surface area (TPSA) is 77.9 Å². The van der Waals surface area contributed by atoms with Crippen LogP contribution in [0.3, 0.4) is 0 Å². The van der Waals surface area contributed by atoms with Gasteiger partial charge in [0.05, 0.1) is 43.5 Å². The molecule has 2 saturated heterocycles. The molecule has 3 aliphatic rings. The van der Waals surface area contributed by atoms with Crippen molar-refractivity contribution in [3.63, 3.8) is 0 Å². The fourth-order valence-electron chi connectivity index (χ4n) is 6.37. The van der Waals surface area contributed by atoms with Gasteiger partial charge in [0, 0.05) is 49.3 Å². The number of amidine groups is 1. The zero-order valence-electron chi connectivity index (χ0n) is 26.8. The van der Waals surface area contributed by atoms with Crippen LogP contribution in [0.5, 0.6) is 5.75 Å². The summed E-state index contributed by atoms with van der Waals surface area (Å²) in [6.07, 6.45) is -4.60. The Bertz CT molecular complexity index is 1680. The van der Waals surface area contributed by atoms with Crippen LogP contribution in [0.1, 0.15) is 41.3 Å². The molecule has 0 radical (unpaired) electrons. The average Bonchev–Trinajstić information content (AvgIpc) is 3.49. The number of benzene rings is 3. The molecule has 0 aromatic heterocycles. The fourth-order valence-corrected chi connectivity index (χ4v) is 6.62. The lowest BCUT2D eigenvalue weighted by Crippen LogP contribution is -2.56. The lowest BCUT2D eigenvalue weighted by atomic mass is 9.93. The van der Waals surface area contributed by atoms with Crippen molar-refractivity contribution < 1.29 is 32.2 Å². The molecule has 2 atom stereocenters. The SMILES string of the molecule is CCOc1cc(C(F)(F)F)ccc1C1=NC(c2ccc(Cl)cc2)C(c2ccc(Cl)cc2)N1C(=O)N1CCN(CC(=O)N2CCOCC2)CC1. The second kappa shape index (κ2) is 15.0. The predicted octanol–water partition coefficient (Wildman–Crippen LogP) is 6.55. The van der Waals surface area contributed by atoms with Gasteiger partial charge in [-0.3, -0.25) is 19.6 Å². The second-order valence-corrected chi connectivity index (χ2v) is 12.9. The summed E-state index contributed by atoms with van der Waals surface area (Å²) in [5, 5.41) is 1.03. The first-order valence-corrected chi connectivity index (χ1v) is 16.9. The molecular formula is C35H36Cl2F3N5O4. The summed E-state index contributed by atoms with van der Waals surface area (Å²) in [4.78, 5) is 39.8. The molecule has 0 bridgehead atoms. The quantitative estimate of drug-likeness (QED) is 0.277. The zero-order chi connectivity index (χ0) is 34.7. The number of carbonyl (C=O) groups is 2. The number of hydrogen-bond donors (Lipinski definition) is 0. The van der Waals surface area contributed by atoms with Gasteiger partial charge in [-0.1, -0.05) is 47.5 Å². The maximum atomic E-state index is 14.7. The number of alkyl halides is 3. The van der Waals surface area contributed by atoms with E-state index < -0.39 is 23.8 Å². The van der Waals surface area contributed by atoms with Crippen molar-refractivity contribution >= 4 is 41.0 Å². The second-order valence-electron chi connectivity index (χ2n) is 12.0. The third-order valence-electron chi connectivity index (χ3n) is 8.91. The minimum atomic E-state index is -4.60. The van der Waals surface area contributed by atoms with Gasteiger partial charge in [-0.25, -0.2) is 4.79 Å². The van der Waals surface area contributed by atoms with Gasteiger partial charge >= 0.3 is 12.2 Å². The number of urea groups is 1. The highest BCUT2D eigenvalue weighted by Gasteiger charge is 2.45. The van der Waals surface area contributed by atoms with Crippen LogP contribution in [0.15, 0.2) is 71.7 Å². The van der Waals surface area contributed by atoms with E-state index in [2.05, 4.69) is 0 Å². The lowest BCUT2D eigenvalue weighted by Gasteiger charge is -2.39. The van der Waals surface area contributed by atoms with Crippen LogP contribution < -0.4 is 4.74 Å². The highest BCUT2D eigenvalue weighted by atomic mass is 35.5. The highest BCUT2D eigenvalue weighted by molar-refractivity contribution is 6.30. The van der Waals surface area contributed by atoms with Gasteiger partial charge in [0.2, 0.25) is 5.91 Å². The lowest BCUT2D eigenvalue weighted by molar-refractivity contribution is -0.138. The van der Waals surface area contributed by atoms with Crippen molar-refractivity contribution in [3.8, 4) is 5.75 Å². The number of piperazine rings is 1. The number of ether oxygens (including phenoxy) is 2. The van der Waals surface area contributed by atoms with E-state index in [0.29, 0.717) is 62.5 Å². The summed E-state index contributed by atoms with van der Waals surface area (Å²) >= 11 is 12.5. The number of nitrogens with zero attached hydrogens (tertiary/aromatic N) is 5. The minimum absolute atomic E-state index is 0.0244. The van der Waals surface area contributed by atoms with Crippen LogP contribution in [0, 0.1) is 0 Å². The van der Waals surface area contributed by atoms with Crippen molar-refractivity contribution in [2.75, 3.05) is 65.6 Å². The molecule has 3 amide bonds. The van der Waals surface area contributed by atoms with Crippen LogP contribution >= 0.6 is 23.2 Å². The molecule has 49 heavy (non-hydrogen) atoms. The number of halogens is 5. The predicted molar refractivity (Wildman–Crippen MR) is 180 cm³/mol. The van der Waals surface area contributed by atoms with E-state index in [4.69, 9.17) is 37.7 Å². The number of morpholine rings is 1. The van der Waals surface area contributed by atoms with Gasteiger partial charge in [-0.05, 0) is 60.5 Å². The van der Waals surface area contributed by atoms with Gasteiger partial charge in [0.25, 0.3) is 0 Å². The Morgan fingerprint density at radius 1 is 0.857 bits per heavy atom. The molecule has 0 spiro atoms. The van der Waals surface area contributed by atoms with E-state index in [1.807, 2.05) is 29.2 Å². The van der Waals surface area contributed by atoms with Crippen molar-refractivity contribution in [2.24, 2.45) is 4.99 Å². The number of carbonyl (C=O) groups excluding carboxylic acids is 2. The minimum Gasteiger partial charge on any atom is -0.493 e. The van der Waals surface area contributed by atoms with Crippen molar-refractivity contribution in [3.05, 3.63) is 99.0 Å². The first kappa shape index (κ1) is 35.0. The number of amides is 3. The molecule has 3 heterocycles. The first-order chi connectivity index (χ1) is 23.5. The zero-order valence-corrected chi connectivity index (χ0v) is 28.3.